The van der Waals surface area contributed by atoms with E-state index in [0.29, 0.717) is 17.9 Å². The number of piperidine rings is 1. The van der Waals surface area contributed by atoms with Crippen LogP contribution in [0.15, 0.2) is 41.3 Å². The lowest BCUT2D eigenvalue weighted by molar-refractivity contribution is 0.0724. The number of pyridine rings is 1. The number of ether oxygens (including phenoxy) is 1. The summed E-state index contributed by atoms with van der Waals surface area (Å²) in [5.41, 5.74) is 2.23. The minimum absolute atomic E-state index is 0.0556. The van der Waals surface area contributed by atoms with Crippen molar-refractivity contribution in [2.24, 2.45) is 7.05 Å². The molecule has 25 heavy (non-hydrogen) atoms. The minimum atomic E-state index is -0.0556. The maximum Gasteiger partial charge on any atom is 0.256 e. The molecule has 5 nitrogen and oxygen atoms in total. The standard InChI is InChI=1S/C20H24N2O3/c1-15-18(10-13-21(2)19(15)23)25-14-16-6-8-17(9-7-16)20(24)22-11-4-3-5-12-22/h6-10,13H,3-5,11-12,14H2,1-2H3. The number of carbonyl (C=O) groups excluding carboxylic acids is 1. The van der Waals surface area contributed by atoms with Crippen LogP contribution in [0, 0.1) is 6.92 Å². The van der Waals surface area contributed by atoms with Crippen LogP contribution in [0.2, 0.25) is 0 Å². The van der Waals surface area contributed by atoms with E-state index in [-0.39, 0.29) is 11.5 Å². The summed E-state index contributed by atoms with van der Waals surface area (Å²) in [5.74, 6) is 0.700. The van der Waals surface area contributed by atoms with Gasteiger partial charge in [0.1, 0.15) is 12.4 Å². The average Bonchev–Trinajstić information content (AvgIpc) is 2.66. The van der Waals surface area contributed by atoms with E-state index in [0.717, 1.165) is 37.1 Å². The van der Waals surface area contributed by atoms with Gasteiger partial charge in [-0.25, -0.2) is 0 Å². The van der Waals surface area contributed by atoms with E-state index in [1.807, 2.05) is 29.2 Å². The molecule has 132 valence electrons. The van der Waals surface area contributed by atoms with E-state index in [4.69, 9.17) is 4.74 Å². The molecule has 2 heterocycles. The first kappa shape index (κ1) is 17.3. The van der Waals surface area contributed by atoms with Crippen molar-refractivity contribution < 1.29 is 9.53 Å². The minimum Gasteiger partial charge on any atom is -0.488 e. The van der Waals surface area contributed by atoms with Crippen molar-refractivity contribution in [3.8, 4) is 5.75 Å². The highest BCUT2D eigenvalue weighted by molar-refractivity contribution is 5.94. The van der Waals surface area contributed by atoms with Gasteiger partial charge in [-0.3, -0.25) is 9.59 Å². The van der Waals surface area contributed by atoms with Gasteiger partial charge in [0.15, 0.2) is 0 Å². The Labute approximate surface area is 147 Å². The zero-order valence-corrected chi connectivity index (χ0v) is 14.8. The Balaban J connectivity index is 1.64. The quantitative estimate of drug-likeness (QED) is 0.860. The van der Waals surface area contributed by atoms with Gasteiger partial charge >= 0.3 is 0 Å². The maximum atomic E-state index is 12.5. The lowest BCUT2D eigenvalue weighted by atomic mass is 10.1. The lowest BCUT2D eigenvalue weighted by Gasteiger charge is -2.26. The topological polar surface area (TPSA) is 51.5 Å². The molecular formula is C20H24N2O3. The molecule has 1 aromatic carbocycles. The molecular weight excluding hydrogens is 316 g/mol. The number of amides is 1. The summed E-state index contributed by atoms with van der Waals surface area (Å²) < 4.78 is 7.30. The monoisotopic (exact) mass is 340 g/mol. The number of aromatic nitrogens is 1. The molecule has 2 aromatic rings. The van der Waals surface area contributed by atoms with E-state index in [1.54, 1.807) is 26.2 Å². The van der Waals surface area contributed by atoms with Crippen molar-refractivity contribution in [3.63, 3.8) is 0 Å². The Morgan fingerprint density at radius 3 is 2.44 bits per heavy atom. The number of carbonyl (C=O) groups is 1. The molecule has 0 atom stereocenters. The number of hydrogen-bond donors (Lipinski definition) is 0. The van der Waals surface area contributed by atoms with Crippen LogP contribution in [-0.4, -0.2) is 28.5 Å². The first-order valence-electron chi connectivity index (χ1n) is 8.73. The van der Waals surface area contributed by atoms with Gasteiger partial charge in [-0.2, -0.15) is 0 Å². The van der Waals surface area contributed by atoms with Gasteiger partial charge in [-0.05, 0) is 49.9 Å². The Morgan fingerprint density at radius 1 is 1.08 bits per heavy atom. The first-order chi connectivity index (χ1) is 12.1. The average molecular weight is 340 g/mol. The summed E-state index contributed by atoms with van der Waals surface area (Å²) in [6.07, 6.45) is 5.09. The fourth-order valence-corrected chi connectivity index (χ4v) is 3.08. The summed E-state index contributed by atoms with van der Waals surface area (Å²) in [7, 11) is 1.72. The van der Waals surface area contributed by atoms with Gasteiger partial charge < -0.3 is 14.2 Å². The summed E-state index contributed by atoms with van der Waals surface area (Å²) >= 11 is 0. The van der Waals surface area contributed by atoms with Gasteiger partial charge in [0, 0.05) is 31.9 Å². The highest BCUT2D eigenvalue weighted by atomic mass is 16.5. The molecule has 1 aliphatic rings. The zero-order valence-electron chi connectivity index (χ0n) is 14.8. The van der Waals surface area contributed by atoms with Crippen molar-refractivity contribution in [2.45, 2.75) is 32.8 Å². The van der Waals surface area contributed by atoms with Crippen molar-refractivity contribution >= 4 is 5.91 Å². The number of likely N-dealkylation sites (tertiary alicyclic amines) is 1. The van der Waals surface area contributed by atoms with Crippen LogP contribution in [0.25, 0.3) is 0 Å². The molecule has 0 aliphatic carbocycles. The van der Waals surface area contributed by atoms with Crippen LogP contribution in [0.3, 0.4) is 0 Å². The molecule has 0 unspecified atom stereocenters. The highest BCUT2D eigenvalue weighted by Crippen LogP contribution is 2.17. The second-order valence-electron chi connectivity index (χ2n) is 6.56. The van der Waals surface area contributed by atoms with Crippen molar-refractivity contribution in [3.05, 3.63) is 63.6 Å². The molecule has 3 rings (SSSR count). The lowest BCUT2D eigenvalue weighted by Crippen LogP contribution is -2.35. The summed E-state index contributed by atoms with van der Waals surface area (Å²) in [4.78, 5) is 26.3. The molecule has 0 radical (unpaired) electrons. The fraction of sp³-hybridized carbons (Fsp3) is 0.400. The Morgan fingerprint density at radius 2 is 1.76 bits per heavy atom. The maximum absolute atomic E-state index is 12.5. The fourth-order valence-electron chi connectivity index (χ4n) is 3.08. The van der Waals surface area contributed by atoms with Crippen LogP contribution in [0.5, 0.6) is 5.75 Å². The predicted molar refractivity (Wildman–Crippen MR) is 96.9 cm³/mol. The van der Waals surface area contributed by atoms with Gasteiger partial charge in [-0.15, -0.1) is 0 Å². The van der Waals surface area contributed by atoms with Gasteiger partial charge in [-0.1, -0.05) is 12.1 Å². The zero-order chi connectivity index (χ0) is 17.8. The third-order valence-electron chi connectivity index (χ3n) is 4.70. The molecule has 1 fully saturated rings. The van der Waals surface area contributed by atoms with E-state index in [9.17, 15) is 9.59 Å². The summed E-state index contributed by atoms with van der Waals surface area (Å²) in [6.45, 7) is 3.84. The third-order valence-corrected chi connectivity index (χ3v) is 4.70. The van der Waals surface area contributed by atoms with Crippen LogP contribution in [-0.2, 0) is 13.7 Å². The van der Waals surface area contributed by atoms with Crippen LogP contribution >= 0.6 is 0 Å². The van der Waals surface area contributed by atoms with Crippen molar-refractivity contribution in [1.29, 1.82) is 0 Å². The highest BCUT2D eigenvalue weighted by Gasteiger charge is 2.17. The number of nitrogens with zero attached hydrogens (tertiary/aromatic N) is 2. The van der Waals surface area contributed by atoms with E-state index in [2.05, 4.69) is 0 Å². The largest absolute Gasteiger partial charge is 0.488 e. The number of benzene rings is 1. The molecule has 1 aliphatic heterocycles. The number of rotatable bonds is 4. The van der Waals surface area contributed by atoms with Gasteiger partial charge in [0.25, 0.3) is 11.5 Å². The van der Waals surface area contributed by atoms with Crippen LogP contribution < -0.4 is 10.3 Å². The molecule has 1 aromatic heterocycles. The Bertz CT molecular complexity index is 803. The van der Waals surface area contributed by atoms with Crippen molar-refractivity contribution in [2.75, 3.05) is 13.1 Å². The molecule has 1 saturated heterocycles. The Hall–Kier alpha value is -2.56. The summed E-state index contributed by atoms with van der Waals surface area (Å²) in [6, 6.07) is 9.32. The van der Waals surface area contributed by atoms with Gasteiger partial charge in [0.2, 0.25) is 0 Å². The Kier molecular flexibility index (Phi) is 5.22. The molecule has 0 N–H and O–H groups in total. The number of hydrogen-bond acceptors (Lipinski definition) is 3. The molecule has 1 amide bonds. The number of aryl methyl sites for hydroxylation is 1. The molecule has 0 bridgehead atoms. The smallest absolute Gasteiger partial charge is 0.256 e. The van der Waals surface area contributed by atoms with E-state index < -0.39 is 0 Å². The normalized spacial score (nSPS) is 14.4. The molecule has 0 saturated carbocycles. The van der Waals surface area contributed by atoms with E-state index >= 15 is 0 Å². The molecule has 5 heteroatoms. The second-order valence-corrected chi connectivity index (χ2v) is 6.56. The van der Waals surface area contributed by atoms with Crippen molar-refractivity contribution in [1.82, 2.24) is 9.47 Å². The van der Waals surface area contributed by atoms with E-state index in [1.165, 1.54) is 11.0 Å². The second kappa shape index (κ2) is 7.55. The van der Waals surface area contributed by atoms with Gasteiger partial charge in [0.05, 0.1) is 5.56 Å². The molecule has 0 spiro atoms. The SMILES string of the molecule is Cc1c(OCc2ccc(C(=O)N3CCCCC3)cc2)ccn(C)c1=O. The van der Waals surface area contributed by atoms with Crippen LogP contribution in [0.1, 0.15) is 40.7 Å². The van der Waals surface area contributed by atoms with Crippen LogP contribution in [0.4, 0.5) is 0 Å². The first-order valence-corrected chi connectivity index (χ1v) is 8.73. The predicted octanol–water partition coefficient (Wildman–Crippen LogP) is 2.90. The summed E-state index contributed by atoms with van der Waals surface area (Å²) in [5, 5.41) is 0. The third kappa shape index (κ3) is 3.92.